The molecule has 0 saturated carbocycles. The minimum atomic E-state index is 0.412. The van der Waals surface area contributed by atoms with Crippen LogP contribution in [0.4, 0.5) is 11.6 Å². The second-order valence-electron chi connectivity index (χ2n) is 1.99. The minimum absolute atomic E-state index is 0.412. The van der Waals surface area contributed by atoms with Crippen LogP contribution in [0, 0.1) is 6.92 Å². The molecule has 9 heavy (non-hydrogen) atoms. The summed E-state index contributed by atoms with van der Waals surface area (Å²) in [7, 11) is 1.83. The Morgan fingerprint density at radius 2 is 2.00 bits per heavy atom. The molecule has 0 spiro atoms. The molecule has 0 bridgehead atoms. The minimum Gasteiger partial charge on any atom is -0.382 e. The summed E-state index contributed by atoms with van der Waals surface area (Å²) in [5.74, 6) is 1.78. The molecule has 0 fully saturated rings. The van der Waals surface area contributed by atoms with E-state index < -0.39 is 0 Å². The van der Waals surface area contributed by atoms with Gasteiger partial charge in [0.15, 0.2) is 5.82 Å². The monoisotopic (exact) mass is 126 g/mol. The molecule has 0 aliphatic rings. The van der Waals surface area contributed by atoms with Crippen molar-refractivity contribution in [3.8, 4) is 0 Å². The van der Waals surface area contributed by atoms with Crippen molar-refractivity contribution in [3.05, 3.63) is 5.82 Å². The number of imidazole rings is 1. The Labute approximate surface area is 53.5 Å². The van der Waals surface area contributed by atoms with Gasteiger partial charge in [-0.25, -0.2) is 4.98 Å². The van der Waals surface area contributed by atoms with Gasteiger partial charge in [-0.2, -0.15) is 0 Å². The number of hydrogen-bond donors (Lipinski definition) is 2. The van der Waals surface area contributed by atoms with Crippen LogP contribution < -0.4 is 11.5 Å². The highest BCUT2D eigenvalue weighted by molar-refractivity contribution is 5.54. The highest BCUT2D eigenvalue weighted by atomic mass is 15.1. The number of rotatable bonds is 0. The number of nitrogens with two attached hydrogens (primary N) is 2. The normalized spacial score (nSPS) is 10.0. The second-order valence-corrected chi connectivity index (χ2v) is 1.99. The van der Waals surface area contributed by atoms with Gasteiger partial charge in [0.1, 0.15) is 11.6 Å². The topological polar surface area (TPSA) is 69.9 Å². The van der Waals surface area contributed by atoms with Gasteiger partial charge in [-0.15, -0.1) is 0 Å². The third kappa shape index (κ3) is 0.718. The molecular formula is C5H10N4. The van der Waals surface area contributed by atoms with Crippen molar-refractivity contribution in [1.82, 2.24) is 9.55 Å². The highest BCUT2D eigenvalue weighted by Gasteiger charge is 2.02. The van der Waals surface area contributed by atoms with Gasteiger partial charge >= 0.3 is 0 Å². The lowest BCUT2D eigenvalue weighted by Crippen LogP contribution is -1.99. The molecule has 4 nitrogen and oxygen atoms in total. The molecule has 1 aromatic rings. The zero-order valence-corrected chi connectivity index (χ0v) is 5.55. The Morgan fingerprint density at radius 1 is 1.44 bits per heavy atom. The van der Waals surface area contributed by atoms with Crippen molar-refractivity contribution in [3.63, 3.8) is 0 Å². The predicted octanol–water partition coefficient (Wildman–Crippen LogP) is -0.107. The van der Waals surface area contributed by atoms with E-state index in [0.29, 0.717) is 11.6 Å². The van der Waals surface area contributed by atoms with Gasteiger partial charge in [0, 0.05) is 7.05 Å². The summed E-state index contributed by atoms with van der Waals surface area (Å²) in [6.45, 7) is 1.85. The molecule has 4 N–H and O–H groups in total. The smallest absolute Gasteiger partial charge is 0.166 e. The van der Waals surface area contributed by atoms with Gasteiger partial charge in [-0.1, -0.05) is 0 Å². The van der Waals surface area contributed by atoms with Gasteiger partial charge in [0.05, 0.1) is 0 Å². The van der Waals surface area contributed by atoms with E-state index in [0.717, 1.165) is 5.82 Å². The first-order valence-electron chi connectivity index (χ1n) is 2.67. The van der Waals surface area contributed by atoms with Crippen LogP contribution in [0.25, 0.3) is 0 Å². The molecule has 0 aliphatic carbocycles. The van der Waals surface area contributed by atoms with Gasteiger partial charge in [0.2, 0.25) is 0 Å². The first-order chi connectivity index (χ1) is 4.13. The maximum Gasteiger partial charge on any atom is 0.166 e. The van der Waals surface area contributed by atoms with Crippen LogP contribution in [0.2, 0.25) is 0 Å². The summed E-state index contributed by atoms with van der Waals surface area (Å²) in [5, 5.41) is 0. The van der Waals surface area contributed by atoms with Crippen LogP contribution in [-0.2, 0) is 7.05 Å². The molecule has 0 amide bonds. The first-order valence-corrected chi connectivity index (χ1v) is 2.67. The quantitative estimate of drug-likeness (QED) is 0.509. The van der Waals surface area contributed by atoms with Crippen molar-refractivity contribution in [1.29, 1.82) is 0 Å². The fourth-order valence-electron chi connectivity index (χ4n) is 0.653. The lowest BCUT2D eigenvalue weighted by molar-refractivity contribution is 0.868. The van der Waals surface area contributed by atoms with Crippen molar-refractivity contribution >= 4 is 11.6 Å². The molecule has 50 valence electrons. The molecule has 0 aliphatic heterocycles. The molecule has 0 atom stereocenters. The molecule has 4 heteroatoms. The molecule has 1 heterocycles. The van der Waals surface area contributed by atoms with E-state index in [1.807, 2.05) is 14.0 Å². The fourth-order valence-corrected chi connectivity index (χ4v) is 0.653. The van der Waals surface area contributed by atoms with E-state index in [-0.39, 0.29) is 0 Å². The predicted molar refractivity (Wildman–Crippen MR) is 36.8 cm³/mol. The number of aromatic nitrogens is 2. The SMILES string of the molecule is Cc1nc(N)c(N)n1C. The van der Waals surface area contributed by atoms with Crippen LogP contribution in [0.3, 0.4) is 0 Å². The maximum absolute atomic E-state index is 5.48. The number of anilines is 2. The Balaban J connectivity index is 3.29. The molecule has 1 rings (SSSR count). The van der Waals surface area contributed by atoms with Crippen LogP contribution in [0.5, 0.6) is 0 Å². The molecular weight excluding hydrogens is 116 g/mol. The lowest BCUT2D eigenvalue weighted by Gasteiger charge is -1.94. The molecule has 0 unspecified atom stereocenters. The third-order valence-corrected chi connectivity index (χ3v) is 1.39. The van der Waals surface area contributed by atoms with Crippen molar-refractivity contribution < 1.29 is 0 Å². The number of nitrogen functional groups attached to an aromatic ring is 2. The van der Waals surface area contributed by atoms with Crippen molar-refractivity contribution in [2.45, 2.75) is 6.92 Å². The van der Waals surface area contributed by atoms with Crippen LogP contribution in [0.15, 0.2) is 0 Å². The number of hydrogen-bond acceptors (Lipinski definition) is 3. The summed E-state index contributed by atoms with van der Waals surface area (Å²) in [6.07, 6.45) is 0. The third-order valence-electron chi connectivity index (χ3n) is 1.39. The average molecular weight is 126 g/mol. The van der Waals surface area contributed by atoms with Crippen LogP contribution >= 0.6 is 0 Å². The second kappa shape index (κ2) is 1.65. The standard InChI is InChI=1S/C5H10N4/c1-3-8-4(6)5(7)9(3)2/h6-7H2,1-2H3. The lowest BCUT2D eigenvalue weighted by atomic mass is 10.7. The average Bonchev–Trinajstić information content (AvgIpc) is 1.98. The van der Waals surface area contributed by atoms with Gasteiger partial charge in [-0.3, -0.25) is 0 Å². The van der Waals surface area contributed by atoms with E-state index in [1.54, 1.807) is 4.57 Å². The van der Waals surface area contributed by atoms with Crippen molar-refractivity contribution in [2.24, 2.45) is 7.05 Å². The first kappa shape index (κ1) is 5.94. The summed E-state index contributed by atoms with van der Waals surface area (Å²) in [6, 6.07) is 0. The molecule has 0 radical (unpaired) electrons. The summed E-state index contributed by atoms with van der Waals surface area (Å²) >= 11 is 0. The number of nitrogens with zero attached hydrogens (tertiary/aromatic N) is 2. The zero-order valence-electron chi connectivity index (χ0n) is 5.55. The van der Waals surface area contributed by atoms with Crippen LogP contribution in [0.1, 0.15) is 5.82 Å². The van der Waals surface area contributed by atoms with Gasteiger partial charge in [-0.05, 0) is 6.92 Å². The van der Waals surface area contributed by atoms with Crippen LogP contribution in [-0.4, -0.2) is 9.55 Å². The largest absolute Gasteiger partial charge is 0.382 e. The Morgan fingerprint density at radius 3 is 2.11 bits per heavy atom. The van der Waals surface area contributed by atoms with E-state index in [2.05, 4.69) is 4.98 Å². The highest BCUT2D eigenvalue weighted by Crippen LogP contribution is 2.12. The summed E-state index contributed by atoms with van der Waals surface area (Å²) in [4.78, 5) is 3.93. The summed E-state index contributed by atoms with van der Waals surface area (Å²) in [5.41, 5.74) is 10.9. The van der Waals surface area contributed by atoms with Crippen molar-refractivity contribution in [2.75, 3.05) is 11.5 Å². The maximum atomic E-state index is 5.48. The van der Waals surface area contributed by atoms with E-state index in [9.17, 15) is 0 Å². The molecule has 1 aromatic heterocycles. The van der Waals surface area contributed by atoms with Gasteiger partial charge in [0.25, 0.3) is 0 Å². The fraction of sp³-hybridized carbons (Fsp3) is 0.400. The van der Waals surface area contributed by atoms with E-state index >= 15 is 0 Å². The Bertz CT molecular complexity index is 203. The molecule has 0 saturated heterocycles. The van der Waals surface area contributed by atoms with Gasteiger partial charge < -0.3 is 16.0 Å². The number of aryl methyl sites for hydroxylation is 1. The van der Waals surface area contributed by atoms with E-state index in [4.69, 9.17) is 11.5 Å². The summed E-state index contributed by atoms with van der Waals surface area (Å²) < 4.78 is 1.75. The Kier molecular flexibility index (Phi) is 1.09. The van der Waals surface area contributed by atoms with E-state index in [1.165, 1.54) is 0 Å². The Hall–Kier alpha value is -1.19. The molecule has 0 aromatic carbocycles. The zero-order chi connectivity index (χ0) is 7.02.